The highest BCUT2D eigenvalue weighted by Crippen LogP contribution is 2.25. The highest BCUT2D eigenvalue weighted by molar-refractivity contribution is 6.29. The highest BCUT2D eigenvalue weighted by Gasteiger charge is 2.42. The van der Waals surface area contributed by atoms with Crippen LogP contribution in [-0.4, -0.2) is 39.6 Å². The number of halogens is 1. The number of likely N-dealkylation sites (tertiary alicyclic amines) is 1. The Morgan fingerprint density at radius 1 is 1.62 bits per heavy atom. The fourth-order valence-corrected chi connectivity index (χ4v) is 1.88. The molecule has 0 aliphatic carbocycles. The van der Waals surface area contributed by atoms with E-state index in [0.29, 0.717) is 30.4 Å². The third-order valence-corrected chi connectivity index (χ3v) is 3.06. The SMILES string of the molecule is CCC1(O)CN(C(=O)c2cccc(Cl)n2)C1. The number of carbonyl (C=O) groups is 1. The number of nitrogens with zero attached hydrogens (tertiary/aromatic N) is 2. The van der Waals surface area contributed by atoms with Crippen LogP contribution in [0, 0.1) is 0 Å². The molecule has 0 unspecified atom stereocenters. The van der Waals surface area contributed by atoms with Crippen molar-refractivity contribution in [3.05, 3.63) is 29.0 Å². The van der Waals surface area contributed by atoms with Crippen molar-refractivity contribution in [2.45, 2.75) is 18.9 Å². The largest absolute Gasteiger partial charge is 0.386 e. The molecule has 4 nitrogen and oxygen atoms in total. The number of carbonyl (C=O) groups excluding carboxylic acids is 1. The molecule has 1 aliphatic heterocycles. The molecule has 1 aromatic heterocycles. The fraction of sp³-hybridized carbons (Fsp3) is 0.455. The second-order valence-electron chi connectivity index (χ2n) is 4.08. The molecule has 1 saturated heterocycles. The van der Waals surface area contributed by atoms with Gasteiger partial charge in [0.1, 0.15) is 10.8 Å². The summed E-state index contributed by atoms with van der Waals surface area (Å²) in [6.07, 6.45) is 0.653. The quantitative estimate of drug-likeness (QED) is 0.794. The number of aliphatic hydroxyl groups is 1. The van der Waals surface area contributed by atoms with E-state index in [4.69, 9.17) is 11.6 Å². The molecule has 1 fully saturated rings. The van der Waals surface area contributed by atoms with Crippen molar-refractivity contribution in [3.8, 4) is 0 Å². The van der Waals surface area contributed by atoms with E-state index in [9.17, 15) is 9.90 Å². The second-order valence-corrected chi connectivity index (χ2v) is 4.47. The van der Waals surface area contributed by atoms with Crippen molar-refractivity contribution >= 4 is 17.5 Å². The van der Waals surface area contributed by atoms with Crippen molar-refractivity contribution in [2.75, 3.05) is 13.1 Å². The Morgan fingerprint density at radius 3 is 2.88 bits per heavy atom. The first-order chi connectivity index (χ1) is 7.54. The topological polar surface area (TPSA) is 53.4 Å². The smallest absolute Gasteiger partial charge is 0.272 e. The Hall–Kier alpha value is -1.13. The van der Waals surface area contributed by atoms with Crippen LogP contribution >= 0.6 is 11.6 Å². The van der Waals surface area contributed by atoms with Gasteiger partial charge >= 0.3 is 0 Å². The van der Waals surface area contributed by atoms with Gasteiger partial charge in [-0.3, -0.25) is 4.79 Å². The molecule has 2 rings (SSSR count). The Bertz CT molecular complexity index is 416. The molecule has 0 bridgehead atoms. The number of pyridine rings is 1. The standard InChI is InChI=1S/C11H13ClN2O2/c1-2-11(16)6-14(7-11)10(15)8-4-3-5-9(12)13-8/h3-5,16H,2,6-7H2,1H3. The maximum Gasteiger partial charge on any atom is 0.272 e. The van der Waals surface area contributed by atoms with E-state index in [2.05, 4.69) is 4.98 Å². The summed E-state index contributed by atoms with van der Waals surface area (Å²) in [6, 6.07) is 4.93. The summed E-state index contributed by atoms with van der Waals surface area (Å²) in [6.45, 7) is 2.65. The lowest BCUT2D eigenvalue weighted by Crippen LogP contribution is -2.63. The molecule has 0 radical (unpaired) electrons. The lowest BCUT2D eigenvalue weighted by atomic mass is 9.91. The third-order valence-electron chi connectivity index (χ3n) is 2.85. The molecule has 1 N–H and O–H groups in total. The summed E-state index contributed by atoms with van der Waals surface area (Å²) in [5.41, 5.74) is -0.389. The fourth-order valence-electron chi connectivity index (χ4n) is 1.72. The summed E-state index contributed by atoms with van der Waals surface area (Å²) in [5.74, 6) is -0.180. The summed E-state index contributed by atoms with van der Waals surface area (Å²) in [7, 11) is 0. The van der Waals surface area contributed by atoms with E-state index >= 15 is 0 Å². The summed E-state index contributed by atoms with van der Waals surface area (Å²) < 4.78 is 0. The van der Waals surface area contributed by atoms with E-state index < -0.39 is 5.60 Å². The number of aromatic nitrogens is 1. The molecule has 5 heteroatoms. The van der Waals surface area contributed by atoms with Crippen LogP contribution in [0.5, 0.6) is 0 Å². The number of rotatable bonds is 2. The Balaban J connectivity index is 2.06. The van der Waals surface area contributed by atoms with Gasteiger partial charge in [0.2, 0.25) is 0 Å². The minimum absolute atomic E-state index is 0.180. The van der Waals surface area contributed by atoms with Gasteiger partial charge in [0.15, 0.2) is 0 Å². The van der Waals surface area contributed by atoms with Gasteiger partial charge in [-0.2, -0.15) is 0 Å². The zero-order chi connectivity index (χ0) is 11.8. The molecule has 0 atom stereocenters. The van der Waals surface area contributed by atoms with Crippen LogP contribution in [-0.2, 0) is 0 Å². The van der Waals surface area contributed by atoms with Crippen molar-refractivity contribution in [2.24, 2.45) is 0 Å². The summed E-state index contributed by atoms with van der Waals surface area (Å²) in [5, 5.41) is 10.1. The van der Waals surface area contributed by atoms with Gasteiger partial charge in [0.25, 0.3) is 5.91 Å². The van der Waals surface area contributed by atoms with Gasteiger partial charge in [0.05, 0.1) is 18.7 Å². The zero-order valence-corrected chi connectivity index (χ0v) is 9.74. The molecule has 0 saturated carbocycles. The zero-order valence-electron chi connectivity index (χ0n) is 8.98. The first kappa shape index (κ1) is 11.4. The molecule has 1 aromatic rings. The van der Waals surface area contributed by atoms with E-state index in [-0.39, 0.29) is 5.91 Å². The van der Waals surface area contributed by atoms with E-state index in [1.54, 1.807) is 23.1 Å². The van der Waals surface area contributed by atoms with Crippen LogP contribution in [0.25, 0.3) is 0 Å². The van der Waals surface area contributed by atoms with Crippen LogP contribution in [0.3, 0.4) is 0 Å². The Labute approximate surface area is 98.9 Å². The number of β-amino-alcohol motifs (C(OH)–C–C–N with tert-alkyl or cyclic N) is 1. The average molecular weight is 241 g/mol. The number of amides is 1. The maximum atomic E-state index is 11.9. The lowest BCUT2D eigenvalue weighted by Gasteiger charge is -2.45. The van der Waals surface area contributed by atoms with Crippen molar-refractivity contribution < 1.29 is 9.90 Å². The molecule has 1 aliphatic rings. The molecule has 16 heavy (non-hydrogen) atoms. The van der Waals surface area contributed by atoms with Crippen molar-refractivity contribution in [1.82, 2.24) is 9.88 Å². The Morgan fingerprint density at radius 2 is 2.31 bits per heavy atom. The van der Waals surface area contributed by atoms with E-state index in [0.717, 1.165) is 0 Å². The third kappa shape index (κ3) is 2.03. The highest BCUT2D eigenvalue weighted by atomic mass is 35.5. The van der Waals surface area contributed by atoms with E-state index in [1.165, 1.54) is 0 Å². The molecule has 2 heterocycles. The second kappa shape index (κ2) is 4.03. The van der Waals surface area contributed by atoms with E-state index in [1.807, 2.05) is 6.92 Å². The van der Waals surface area contributed by atoms with Gasteiger partial charge in [-0.25, -0.2) is 4.98 Å². The lowest BCUT2D eigenvalue weighted by molar-refractivity contribution is -0.0828. The minimum atomic E-state index is -0.714. The van der Waals surface area contributed by atoms with Crippen LogP contribution < -0.4 is 0 Å². The molecule has 0 aromatic carbocycles. The average Bonchev–Trinajstić information content (AvgIpc) is 2.24. The van der Waals surface area contributed by atoms with Crippen molar-refractivity contribution in [1.29, 1.82) is 0 Å². The van der Waals surface area contributed by atoms with Gasteiger partial charge in [-0.15, -0.1) is 0 Å². The molecular formula is C11H13ClN2O2. The molecule has 1 amide bonds. The predicted octanol–water partition coefficient (Wildman–Crippen LogP) is 1.33. The molecule has 0 spiro atoms. The molecule has 86 valence electrons. The minimum Gasteiger partial charge on any atom is -0.386 e. The monoisotopic (exact) mass is 240 g/mol. The van der Waals surface area contributed by atoms with Crippen LogP contribution in [0.4, 0.5) is 0 Å². The van der Waals surface area contributed by atoms with Gasteiger partial charge < -0.3 is 10.0 Å². The number of hydrogen-bond acceptors (Lipinski definition) is 3. The van der Waals surface area contributed by atoms with Gasteiger partial charge in [-0.1, -0.05) is 24.6 Å². The normalized spacial score (nSPS) is 18.1. The van der Waals surface area contributed by atoms with Gasteiger partial charge in [-0.05, 0) is 18.6 Å². The first-order valence-corrected chi connectivity index (χ1v) is 5.56. The van der Waals surface area contributed by atoms with Gasteiger partial charge in [0, 0.05) is 0 Å². The van der Waals surface area contributed by atoms with Crippen LogP contribution in [0.1, 0.15) is 23.8 Å². The van der Waals surface area contributed by atoms with Crippen molar-refractivity contribution in [3.63, 3.8) is 0 Å². The number of hydrogen-bond donors (Lipinski definition) is 1. The summed E-state index contributed by atoms with van der Waals surface area (Å²) in [4.78, 5) is 17.4. The molecular weight excluding hydrogens is 228 g/mol. The Kier molecular flexibility index (Phi) is 2.86. The first-order valence-electron chi connectivity index (χ1n) is 5.18. The van der Waals surface area contributed by atoms with Crippen LogP contribution in [0.2, 0.25) is 5.15 Å². The summed E-state index contributed by atoms with van der Waals surface area (Å²) >= 11 is 5.71. The van der Waals surface area contributed by atoms with Crippen LogP contribution in [0.15, 0.2) is 18.2 Å². The maximum absolute atomic E-state index is 11.9. The predicted molar refractivity (Wildman–Crippen MR) is 60.4 cm³/mol.